The quantitative estimate of drug-likeness (QED) is 0.0822. The molecule has 0 radical (unpaired) electrons. The normalized spacial score (nSPS) is 15.5. The van der Waals surface area contributed by atoms with E-state index < -0.39 is 17.9 Å². The van der Waals surface area contributed by atoms with Crippen LogP contribution in [0.25, 0.3) is 5.69 Å². The van der Waals surface area contributed by atoms with E-state index in [0.717, 1.165) is 67.7 Å². The number of aromatic nitrogens is 3. The van der Waals surface area contributed by atoms with Crippen LogP contribution in [0.5, 0.6) is 0 Å². The largest absolute Gasteiger partial charge is 0.366 e. The molecular formula is C39H41N7O4S. The van der Waals surface area contributed by atoms with Crippen LogP contribution in [0.4, 0.5) is 0 Å². The Labute approximate surface area is 301 Å². The van der Waals surface area contributed by atoms with Gasteiger partial charge in [0.2, 0.25) is 17.7 Å². The maximum Gasteiger partial charge on any atom is 0.255 e. The average molecular weight is 704 g/mol. The number of imide groups is 1. The van der Waals surface area contributed by atoms with Crippen molar-refractivity contribution in [2.45, 2.75) is 74.7 Å². The zero-order valence-corrected chi connectivity index (χ0v) is 29.5. The lowest BCUT2D eigenvalue weighted by Crippen LogP contribution is -2.52. The van der Waals surface area contributed by atoms with Gasteiger partial charge in [-0.15, -0.1) is 16.9 Å². The summed E-state index contributed by atoms with van der Waals surface area (Å²) in [5.41, 5.74) is 11.0. The minimum atomic E-state index is -0.608. The molecule has 262 valence electrons. The van der Waals surface area contributed by atoms with E-state index in [1.165, 1.54) is 10.5 Å². The number of fused-ring (bicyclic) bond motifs is 1. The van der Waals surface area contributed by atoms with Crippen molar-refractivity contribution in [2.24, 2.45) is 5.73 Å². The standard InChI is InChI=1S/C39H41N7O4S/c1-44(23-28-11-8-14-33(21-28)51-26-31-25-46(43-42-31)32-13-9-12-29(22-32)37(40)48)19-7-5-3-2-4-6-10-27-15-16-34-30(20-27)24-45(39(34)50)35-17-18-36(47)41-38(35)49/h8-9,11-16,20-22,25,35H,2-5,7,17-19,23-24,26H2,1H3,(H2,40,48)(H,41,47,49). The number of hydrogen-bond donors (Lipinski definition) is 2. The predicted octanol–water partition coefficient (Wildman–Crippen LogP) is 4.85. The van der Waals surface area contributed by atoms with Crippen molar-refractivity contribution in [3.8, 4) is 17.5 Å². The fraction of sp³-hybridized carbons (Fsp3) is 0.333. The fourth-order valence-corrected chi connectivity index (χ4v) is 7.20. The number of hydrogen-bond acceptors (Lipinski definition) is 8. The molecule has 4 amide bonds. The zero-order valence-electron chi connectivity index (χ0n) is 28.6. The van der Waals surface area contributed by atoms with Gasteiger partial charge in [-0.05, 0) is 92.5 Å². The van der Waals surface area contributed by atoms with Crippen molar-refractivity contribution in [3.63, 3.8) is 0 Å². The van der Waals surface area contributed by atoms with E-state index in [1.54, 1.807) is 45.6 Å². The molecule has 51 heavy (non-hydrogen) atoms. The monoisotopic (exact) mass is 703 g/mol. The molecule has 3 N–H and O–H groups in total. The molecule has 2 aliphatic rings. The molecule has 1 aromatic heterocycles. The highest BCUT2D eigenvalue weighted by Gasteiger charge is 2.39. The van der Waals surface area contributed by atoms with Gasteiger partial charge in [0.1, 0.15) is 6.04 Å². The lowest BCUT2D eigenvalue weighted by atomic mass is 10.0. The lowest BCUT2D eigenvalue weighted by molar-refractivity contribution is -0.136. The number of benzene rings is 3. The number of nitrogens with one attached hydrogen (secondary N) is 1. The smallest absolute Gasteiger partial charge is 0.255 e. The van der Waals surface area contributed by atoms with Crippen molar-refractivity contribution in [3.05, 3.63) is 106 Å². The number of primary amides is 1. The van der Waals surface area contributed by atoms with Gasteiger partial charge in [-0.1, -0.05) is 48.1 Å². The van der Waals surface area contributed by atoms with Crippen molar-refractivity contribution < 1.29 is 19.2 Å². The first-order valence-corrected chi connectivity index (χ1v) is 18.2. The van der Waals surface area contributed by atoms with Crippen LogP contribution in [-0.2, 0) is 28.4 Å². The molecule has 1 fully saturated rings. The Bertz CT molecular complexity index is 2000. The van der Waals surface area contributed by atoms with Gasteiger partial charge in [0.25, 0.3) is 5.91 Å². The Morgan fingerprint density at radius 3 is 2.73 bits per heavy atom. The fourth-order valence-electron chi connectivity index (χ4n) is 6.34. The van der Waals surface area contributed by atoms with Gasteiger partial charge in [-0.2, -0.15) is 0 Å². The molecule has 1 atom stereocenters. The van der Waals surface area contributed by atoms with E-state index >= 15 is 0 Å². The highest BCUT2D eigenvalue weighted by molar-refractivity contribution is 7.98. The highest BCUT2D eigenvalue weighted by atomic mass is 32.2. The van der Waals surface area contributed by atoms with Crippen LogP contribution in [0, 0.1) is 11.8 Å². The molecule has 0 bridgehead atoms. The van der Waals surface area contributed by atoms with Crippen LogP contribution in [0.2, 0.25) is 0 Å². The maximum absolute atomic E-state index is 12.9. The first-order valence-electron chi connectivity index (χ1n) is 17.2. The van der Waals surface area contributed by atoms with Gasteiger partial charge in [-0.3, -0.25) is 24.5 Å². The van der Waals surface area contributed by atoms with Gasteiger partial charge in [0, 0.05) is 53.3 Å². The van der Waals surface area contributed by atoms with Crippen molar-refractivity contribution in [1.29, 1.82) is 0 Å². The van der Waals surface area contributed by atoms with E-state index in [0.29, 0.717) is 29.8 Å². The van der Waals surface area contributed by atoms with Crippen LogP contribution in [0.15, 0.2) is 77.8 Å². The molecule has 1 saturated heterocycles. The van der Waals surface area contributed by atoms with Gasteiger partial charge in [0.05, 0.1) is 17.6 Å². The van der Waals surface area contributed by atoms with E-state index in [2.05, 4.69) is 63.7 Å². The molecule has 0 aliphatic carbocycles. The maximum atomic E-state index is 12.9. The Morgan fingerprint density at radius 2 is 1.88 bits per heavy atom. The number of unbranched alkanes of at least 4 members (excludes halogenated alkanes) is 4. The number of amides is 4. The third-order valence-corrected chi connectivity index (χ3v) is 10.0. The lowest BCUT2D eigenvalue weighted by Gasteiger charge is -2.29. The number of thioether (sulfide) groups is 1. The van der Waals surface area contributed by atoms with Crippen molar-refractivity contribution in [1.82, 2.24) is 30.1 Å². The average Bonchev–Trinajstić information content (AvgIpc) is 3.73. The molecule has 3 aromatic carbocycles. The van der Waals surface area contributed by atoms with E-state index in [1.807, 2.05) is 24.4 Å². The van der Waals surface area contributed by atoms with E-state index in [9.17, 15) is 19.2 Å². The topological polar surface area (TPSA) is 144 Å². The van der Waals surface area contributed by atoms with Gasteiger partial charge >= 0.3 is 0 Å². The summed E-state index contributed by atoms with van der Waals surface area (Å²) < 4.78 is 1.66. The van der Waals surface area contributed by atoms with E-state index in [4.69, 9.17) is 5.73 Å². The van der Waals surface area contributed by atoms with Crippen LogP contribution in [0.1, 0.15) is 88.0 Å². The first kappa shape index (κ1) is 35.6. The SMILES string of the molecule is CN(CCCCCCC#Cc1ccc2c(c1)CN(C1CCC(=O)NC1=O)C2=O)Cc1cccc(SCc2cn(-c3cccc(C(N)=O)c3)nn2)c1. The van der Waals surface area contributed by atoms with Gasteiger partial charge in [-0.25, -0.2) is 4.68 Å². The van der Waals surface area contributed by atoms with Crippen molar-refractivity contribution >= 4 is 35.4 Å². The molecule has 11 nitrogen and oxygen atoms in total. The zero-order chi connectivity index (χ0) is 35.7. The molecule has 4 aromatic rings. The molecule has 2 aliphatic heterocycles. The summed E-state index contributed by atoms with van der Waals surface area (Å²) in [4.78, 5) is 53.3. The van der Waals surface area contributed by atoms with Crippen molar-refractivity contribution in [2.75, 3.05) is 13.6 Å². The number of rotatable bonds is 14. The van der Waals surface area contributed by atoms with Gasteiger partial charge in [0.15, 0.2) is 0 Å². The Hall–Kier alpha value is -5.25. The summed E-state index contributed by atoms with van der Waals surface area (Å²) in [5.74, 6) is 5.86. The van der Waals surface area contributed by atoms with Crippen LogP contribution < -0.4 is 11.1 Å². The predicted molar refractivity (Wildman–Crippen MR) is 195 cm³/mol. The summed E-state index contributed by atoms with van der Waals surface area (Å²) in [5, 5.41) is 10.9. The second-order valence-electron chi connectivity index (χ2n) is 13.0. The number of carbonyl (C=O) groups is 4. The van der Waals surface area contributed by atoms with Crippen LogP contribution in [0.3, 0.4) is 0 Å². The summed E-state index contributed by atoms with van der Waals surface area (Å²) >= 11 is 1.71. The minimum Gasteiger partial charge on any atom is -0.366 e. The minimum absolute atomic E-state index is 0.167. The van der Waals surface area contributed by atoms with Gasteiger partial charge < -0.3 is 15.5 Å². The molecule has 0 saturated carbocycles. The Balaban J connectivity index is 0.875. The molecule has 3 heterocycles. The molecule has 12 heteroatoms. The van der Waals surface area contributed by atoms with Crippen LogP contribution in [-0.4, -0.2) is 68.1 Å². The summed E-state index contributed by atoms with van der Waals surface area (Å²) in [7, 11) is 2.16. The Morgan fingerprint density at radius 1 is 1.04 bits per heavy atom. The van der Waals surface area contributed by atoms with Crippen LogP contribution >= 0.6 is 11.8 Å². The molecule has 1 unspecified atom stereocenters. The second kappa shape index (κ2) is 16.6. The summed E-state index contributed by atoms with van der Waals surface area (Å²) in [6.07, 6.45) is 7.72. The second-order valence-corrected chi connectivity index (χ2v) is 14.0. The third-order valence-electron chi connectivity index (χ3n) is 9.02. The summed E-state index contributed by atoms with van der Waals surface area (Å²) in [6.45, 7) is 2.26. The molecule has 6 rings (SSSR count). The number of nitrogens with zero attached hydrogens (tertiary/aromatic N) is 5. The number of piperidine rings is 1. The molecule has 0 spiro atoms. The third kappa shape index (κ3) is 9.31. The first-order chi connectivity index (χ1) is 24.7. The Kier molecular flexibility index (Phi) is 11.6. The summed E-state index contributed by atoms with van der Waals surface area (Å²) in [6, 6.07) is 20.6. The number of carbonyl (C=O) groups excluding carboxylic acids is 4. The number of nitrogens with two attached hydrogens (primary N) is 1. The highest BCUT2D eigenvalue weighted by Crippen LogP contribution is 2.28. The van der Waals surface area contributed by atoms with E-state index in [-0.39, 0.29) is 18.2 Å². The molecular weight excluding hydrogens is 663 g/mol.